The standard InChI is InChI=1S/C22H30N2O3/c1-22(2,3)27-21(26)24-19(14-17-10-6-4-7-11-17)20(25)16-23-15-18-12-8-5-9-13-18/h4-13,19-20,23,25H,14-16H2,1-3H3,(H,24,26)/t19-,20+/m1/s1. The van der Waals surface area contributed by atoms with Crippen LogP contribution in [0.5, 0.6) is 0 Å². The summed E-state index contributed by atoms with van der Waals surface area (Å²) >= 11 is 0. The maximum absolute atomic E-state index is 12.2. The fourth-order valence-electron chi connectivity index (χ4n) is 2.71. The van der Waals surface area contributed by atoms with E-state index in [1.807, 2.05) is 81.4 Å². The number of hydrogen-bond acceptors (Lipinski definition) is 4. The summed E-state index contributed by atoms with van der Waals surface area (Å²) in [6.07, 6.45) is -0.749. The van der Waals surface area contributed by atoms with Crippen LogP contribution < -0.4 is 10.6 Å². The second-order valence-electron chi connectivity index (χ2n) is 7.63. The minimum atomic E-state index is -0.749. The maximum Gasteiger partial charge on any atom is 0.407 e. The average molecular weight is 370 g/mol. The van der Waals surface area contributed by atoms with Crippen LogP contribution in [0.1, 0.15) is 31.9 Å². The third kappa shape index (κ3) is 8.24. The van der Waals surface area contributed by atoms with Gasteiger partial charge in [-0.3, -0.25) is 0 Å². The van der Waals surface area contributed by atoms with Crippen molar-refractivity contribution in [2.45, 2.75) is 51.5 Å². The maximum atomic E-state index is 12.2. The molecule has 0 bridgehead atoms. The molecular weight excluding hydrogens is 340 g/mol. The molecule has 1 amide bonds. The Morgan fingerprint density at radius 2 is 1.56 bits per heavy atom. The highest BCUT2D eigenvalue weighted by molar-refractivity contribution is 5.68. The van der Waals surface area contributed by atoms with Gasteiger partial charge in [-0.15, -0.1) is 0 Å². The normalized spacial score (nSPS) is 13.6. The van der Waals surface area contributed by atoms with Gasteiger partial charge in [0.05, 0.1) is 12.1 Å². The van der Waals surface area contributed by atoms with Gasteiger partial charge in [-0.05, 0) is 38.3 Å². The first-order valence-corrected chi connectivity index (χ1v) is 9.29. The fraction of sp³-hybridized carbons (Fsp3) is 0.409. The molecule has 0 aliphatic carbocycles. The van der Waals surface area contributed by atoms with Gasteiger partial charge in [0.1, 0.15) is 5.60 Å². The lowest BCUT2D eigenvalue weighted by Crippen LogP contribution is -2.49. The molecule has 0 spiro atoms. The van der Waals surface area contributed by atoms with Crippen molar-refractivity contribution >= 4 is 6.09 Å². The Kier molecular flexibility index (Phi) is 7.82. The zero-order valence-corrected chi connectivity index (χ0v) is 16.3. The van der Waals surface area contributed by atoms with Crippen LogP contribution in [0.2, 0.25) is 0 Å². The van der Waals surface area contributed by atoms with Crippen LogP contribution in [0.15, 0.2) is 60.7 Å². The summed E-state index contributed by atoms with van der Waals surface area (Å²) in [5.41, 5.74) is 1.60. The number of ether oxygens (including phenoxy) is 1. The van der Waals surface area contributed by atoms with Crippen LogP contribution in [0.3, 0.4) is 0 Å². The van der Waals surface area contributed by atoms with E-state index >= 15 is 0 Å². The summed E-state index contributed by atoms with van der Waals surface area (Å²) in [4.78, 5) is 12.2. The molecule has 2 aromatic carbocycles. The molecule has 0 unspecified atom stereocenters. The summed E-state index contributed by atoms with van der Waals surface area (Å²) in [5, 5.41) is 16.7. The van der Waals surface area contributed by atoms with Crippen molar-refractivity contribution in [3.63, 3.8) is 0 Å². The minimum absolute atomic E-state index is 0.363. The predicted molar refractivity (Wildman–Crippen MR) is 107 cm³/mol. The first kappa shape index (κ1) is 20.9. The highest BCUT2D eigenvalue weighted by Crippen LogP contribution is 2.10. The lowest BCUT2D eigenvalue weighted by atomic mass is 10.0. The molecule has 0 aliphatic rings. The van der Waals surface area contributed by atoms with Gasteiger partial charge in [-0.2, -0.15) is 0 Å². The van der Waals surface area contributed by atoms with Gasteiger partial charge in [0.15, 0.2) is 0 Å². The van der Waals surface area contributed by atoms with Gasteiger partial charge in [0.2, 0.25) is 0 Å². The Labute approximate surface area is 161 Å². The van der Waals surface area contributed by atoms with Crippen molar-refractivity contribution in [3.05, 3.63) is 71.8 Å². The molecule has 0 saturated heterocycles. The Morgan fingerprint density at radius 1 is 1.00 bits per heavy atom. The molecule has 5 nitrogen and oxygen atoms in total. The monoisotopic (exact) mass is 370 g/mol. The third-order valence-electron chi connectivity index (χ3n) is 3.99. The Balaban J connectivity index is 1.95. The first-order valence-electron chi connectivity index (χ1n) is 9.29. The SMILES string of the molecule is CC(C)(C)OC(=O)N[C@H](Cc1ccccc1)[C@@H](O)CNCc1ccccc1. The molecule has 0 heterocycles. The van der Waals surface area contributed by atoms with Crippen molar-refractivity contribution in [1.29, 1.82) is 0 Å². The quantitative estimate of drug-likeness (QED) is 0.667. The van der Waals surface area contributed by atoms with Crippen LogP contribution >= 0.6 is 0 Å². The van der Waals surface area contributed by atoms with E-state index in [9.17, 15) is 9.90 Å². The largest absolute Gasteiger partial charge is 0.444 e. The summed E-state index contributed by atoms with van der Waals surface area (Å²) in [7, 11) is 0. The van der Waals surface area contributed by atoms with E-state index in [1.165, 1.54) is 0 Å². The predicted octanol–water partition coefficient (Wildman–Crippen LogP) is 3.27. The Bertz CT molecular complexity index is 684. The van der Waals surface area contributed by atoms with E-state index in [0.717, 1.165) is 11.1 Å². The number of hydrogen-bond donors (Lipinski definition) is 3. The van der Waals surface area contributed by atoms with Crippen LogP contribution in [-0.4, -0.2) is 35.5 Å². The number of nitrogens with one attached hydrogen (secondary N) is 2. The van der Waals surface area contributed by atoms with E-state index in [1.54, 1.807) is 0 Å². The highest BCUT2D eigenvalue weighted by Gasteiger charge is 2.24. The molecule has 27 heavy (non-hydrogen) atoms. The molecule has 3 N–H and O–H groups in total. The molecule has 0 aliphatic heterocycles. The number of rotatable bonds is 8. The van der Waals surface area contributed by atoms with Gasteiger partial charge >= 0.3 is 6.09 Å². The van der Waals surface area contributed by atoms with E-state index in [2.05, 4.69) is 10.6 Å². The molecular formula is C22H30N2O3. The number of amides is 1. The average Bonchev–Trinajstić information content (AvgIpc) is 2.61. The number of benzene rings is 2. The molecule has 2 aromatic rings. The molecule has 2 atom stereocenters. The summed E-state index contributed by atoms with van der Waals surface area (Å²) in [5.74, 6) is 0. The number of carbonyl (C=O) groups is 1. The van der Waals surface area contributed by atoms with Crippen molar-refractivity contribution in [1.82, 2.24) is 10.6 Å². The molecule has 0 fully saturated rings. The van der Waals surface area contributed by atoms with Gasteiger partial charge < -0.3 is 20.5 Å². The zero-order valence-electron chi connectivity index (χ0n) is 16.3. The van der Waals surface area contributed by atoms with Gasteiger partial charge in [-0.1, -0.05) is 60.7 Å². The summed E-state index contributed by atoms with van der Waals surface area (Å²) in [6, 6.07) is 19.3. The fourth-order valence-corrected chi connectivity index (χ4v) is 2.71. The smallest absolute Gasteiger partial charge is 0.407 e. The van der Waals surface area contributed by atoms with E-state index in [4.69, 9.17) is 4.74 Å². The second kappa shape index (κ2) is 10.1. The van der Waals surface area contributed by atoms with E-state index in [-0.39, 0.29) is 0 Å². The highest BCUT2D eigenvalue weighted by atomic mass is 16.6. The molecule has 0 saturated carbocycles. The number of aliphatic hydroxyl groups excluding tert-OH is 1. The summed E-state index contributed by atoms with van der Waals surface area (Å²) < 4.78 is 5.35. The van der Waals surface area contributed by atoms with Crippen molar-refractivity contribution in [3.8, 4) is 0 Å². The molecule has 0 radical (unpaired) electrons. The van der Waals surface area contributed by atoms with Gasteiger partial charge in [0, 0.05) is 13.1 Å². The molecule has 146 valence electrons. The van der Waals surface area contributed by atoms with Crippen LogP contribution in [0.4, 0.5) is 4.79 Å². The molecule has 2 rings (SSSR count). The zero-order chi connectivity index (χ0) is 19.7. The molecule has 5 heteroatoms. The van der Waals surface area contributed by atoms with Crippen molar-refractivity contribution < 1.29 is 14.6 Å². The van der Waals surface area contributed by atoms with Gasteiger partial charge in [0.25, 0.3) is 0 Å². The summed E-state index contributed by atoms with van der Waals surface area (Å²) in [6.45, 7) is 6.47. The van der Waals surface area contributed by atoms with Gasteiger partial charge in [-0.25, -0.2) is 4.79 Å². The topological polar surface area (TPSA) is 70.6 Å². The van der Waals surface area contributed by atoms with Crippen LogP contribution in [0.25, 0.3) is 0 Å². The van der Waals surface area contributed by atoms with E-state index < -0.39 is 23.8 Å². The second-order valence-corrected chi connectivity index (χ2v) is 7.63. The Morgan fingerprint density at radius 3 is 2.11 bits per heavy atom. The number of carbonyl (C=O) groups excluding carboxylic acids is 1. The van der Waals surface area contributed by atoms with Crippen LogP contribution in [0, 0.1) is 0 Å². The van der Waals surface area contributed by atoms with Crippen molar-refractivity contribution in [2.75, 3.05) is 6.54 Å². The lowest BCUT2D eigenvalue weighted by Gasteiger charge is -2.27. The third-order valence-corrected chi connectivity index (χ3v) is 3.99. The van der Waals surface area contributed by atoms with Crippen molar-refractivity contribution in [2.24, 2.45) is 0 Å². The lowest BCUT2D eigenvalue weighted by molar-refractivity contribution is 0.0422. The molecule has 0 aromatic heterocycles. The van der Waals surface area contributed by atoms with E-state index in [0.29, 0.717) is 19.5 Å². The van der Waals surface area contributed by atoms with Crippen LogP contribution in [-0.2, 0) is 17.7 Å². The Hall–Kier alpha value is -2.37. The first-order chi connectivity index (χ1) is 12.8. The number of aliphatic hydroxyl groups is 1. The minimum Gasteiger partial charge on any atom is -0.444 e. The number of alkyl carbamates (subject to hydrolysis) is 1.